The van der Waals surface area contributed by atoms with Gasteiger partial charge in [-0.3, -0.25) is 15.1 Å². The van der Waals surface area contributed by atoms with Gasteiger partial charge in [-0.15, -0.1) is 0 Å². The van der Waals surface area contributed by atoms with Crippen LogP contribution in [0.4, 0.5) is 10.1 Å². The Balaban J connectivity index is 1.84. The first kappa shape index (κ1) is 17.4. The van der Waals surface area contributed by atoms with Crippen LogP contribution in [0.25, 0.3) is 21.9 Å². The van der Waals surface area contributed by atoms with Crippen molar-refractivity contribution in [3.8, 4) is 23.0 Å². The summed E-state index contributed by atoms with van der Waals surface area (Å²) in [5, 5.41) is 13.2. The number of fused-ring (bicyclic) bond motifs is 1. The number of nitro groups is 1. The van der Waals surface area contributed by atoms with E-state index in [4.69, 9.17) is 0 Å². The Morgan fingerprint density at radius 1 is 0.893 bits per heavy atom. The molecule has 0 aliphatic rings. The average Bonchev–Trinajstić information content (AvgIpc) is 2.72. The van der Waals surface area contributed by atoms with Gasteiger partial charge in [0.2, 0.25) is 0 Å². The molecule has 0 fully saturated rings. The Kier molecular flexibility index (Phi) is 4.53. The second kappa shape index (κ2) is 7.29. The first-order chi connectivity index (χ1) is 13.6. The first-order valence-electron chi connectivity index (χ1n) is 8.50. The molecule has 3 aromatic carbocycles. The highest BCUT2D eigenvalue weighted by atomic mass is 19.1. The maximum Gasteiger partial charge on any atom is 0.270 e. The molecular weight excluding hydrogens is 355 g/mol. The van der Waals surface area contributed by atoms with Gasteiger partial charge in [0.15, 0.2) is 0 Å². The van der Waals surface area contributed by atoms with Crippen molar-refractivity contribution in [2.24, 2.45) is 0 Å². The highest BCUT2D eigenvalue weighted by Gasteiger charge is 2.11. The van der Waals surface area contributed by atoms with E-state index in [1.54, 1.807) is 30.6 Å². The Bertz CT molecular complexity index is 1260. The molecule has 0 aliphatic heterocycles. The fourth-order valence-corrected chi connectivity index (χ4v) is 2.92. The van der Waals surface area contributed by atoms with Gasteiger partial charge in [0.25, 0.3) is 5.69 Å². The van der Waals surface area contributed by atoms with E-state index in [2.05, 4.69) is 16.8 Å². The van der Waals surface area contributed by atoms with E-state index in [1.807, 2.05) is 24.3 Å². The summed E-state index contributed by atoms with van der Waals surface area (Å²) >= 11 is 0. The van der Waals surface area contributed by atoms with Crippen LogP contribution in [-0.4, -0.2) is 9.91 Å². The summed E-state index contributed by atoms with van der Waals surface area (Å²) in [4.78, 5) is 14.9. The standard InChI is InChI=1S/C23H13FN2O2/c24-21-7-2-16(3-8-21)1-4-19-14-22(26(27)28)9-10-23(19)18-5-6-20-15-25-12-11-17(20)13-18/h2-3,5-15H. The number of non-ortho nitro benzene ring substituents is 1. The fraction of sp³-hybridized carbons (Fsp3) is 0. The Morgan fingerprint density at radius 2 is 1.71 bits per heavy atom. The van der Waals surface area contributed by atoms with Gasteiger partial charge in [0.05, 0.1) is 4.92 Å². The fourth-order valence-electron chi connectivity index (χ4n) is 2.92. The second-order valence-electron chi connectivity index (χ2n) is 6.18. The smallest absolute Gasteiger partial charge is 0.264 e. The third-order valence-corrected chi connectivity index (χ3v) is 4.35. The molecule has 0 atom stereocenters. The van der Waals surface area contributed by atoms with Crippen molar-refractivity contribution in [1.82, 2.24) is 4.98 Å². The number of benzene rings is 3. The van der Waals surface area contributed by atoms with Crippen LogP contribution in [0, 0.1) is 27.8 Å². The summed E-state index contributed by atoms with van der Waals surface area (Å²) in [7, 11) is 0. The first-order valence-corrected chi connectivity index (χ1v) is 8.50. The van der Waals surface area contributed by atoms with Crippen molar-refractivity contribution in [1.29, 1.82) is 0 Å². The Hall–Kier alpha value is -4.04. The number of nitrogens with zero attached hydrogens (tertiary/aromatic N) is 2. The summed E-state index contributed by atoms with van der Waals surface area (Å²) in [6, 6.07) is 18.2. The molecular formula is C23H13FN2O2. The lowest BCUT2D eigenvalue weighted by molar-refractivity contribution is -0.384. The molecule has 0 unspecified atom stereocenters. The molecule has 4 aromatic rings. The van der Waals surface area contributed by atoms with Crippen LogP contribution in [-0.2, 0) is 0 Å². The molecule has 0 radical (unpaired) electrons. The molecule has 1 aromatic heterocycles. The average molecular weight is 368 g/mol. The van der Waals surface area contributed by atoms with E-state index < -0.39 is 4.92 Å². The summed E-state index contributed by atoms with van der Waals surface area (Å²) < 4.78 is 13.1. The molecule has 28 heavy (non-hydrogen) atoms. The van der Waals surface area contributed by atoms with E-state index in [1.165, 1.54) is 24.3 Å². The van der Waals surface area contributed by atoms with Crippen LogP contribution in [0.5, 0.6) is 0 Å². The molecule has 0 spiro atoms. The van der Waals surface area contributed by atoms with Gasteiger partial charge in [-0.1, -0.05) is 24.0 Å². The number of hydrogen-bond donors (Lipinski definition) is 0. The molecule has 0 bridgehead atoms. The SMILES string of the molecule is O=[N+]([O-])c1ccc(-c2ccc3cnccc3c2)c(C#Cc2ccc(F)cc2)c1. The van der Waals surface area contributed by atoms with Crippen molar-refractivity contribution in [2.45, 2.75) is 0 Å². The van der Waals surface area contributed by atoms with Crippen LogP contribution in [0.15, 0.2) is 79.1 Å². The quantitative estimate of drug-likeness (QED) is 0.272. The number of hydrogen-bond acceptors (Lipinski definition) is 3. The van der Waals surface area contributed by atoms with Gasteiger partial charge in [-0.05, 0) is 59.0 Å². The summed E-state index contributed by atoms with van der Waals surface area (Å²) in [5.41, 5.74) is 2.82. The van der Waals surface area contributed by atoms with E-state index in [9.17, 15) is 14.5 Å². The van der Waals surface area contributed by atoms with Crippen LogP contribution in [0.2, 0.25) is 0 Å². The van der Waals surface area contributed by atoms with Gasteiger partial charge in [0, 0.05) is 41.0 Å². The van der Waals surface area contributed by atoms with E-state index in [-0.39, 0.29) is 11.5 Å². The largest absolute Gasteiger partial charge is 0.270 e. The van der Waals surface area contributed by atoms with Gasteiger partial charge in [0.1, 0.15) is 5.82 Å². The minimum Gasteiger partial charge on any atom is -0.264 e. The monoisotopic (exact) mass is 368 g/mol. The number of rotatable bonds is 2. The van der Waals surface area contributed by atoms with E-state index in [0.29, 0.717) is 11.1 Å². The highest BCUT2D eigenvalue weighted by Crippen LogP contribution is 2.29. The molecule has 134 valence electrons. The topological polar surface area (TPSA) is 56.0 Å². The van der Waals surface area contributed by atoms with Gasteiger partial charge in [-0.2, -0.15) is 0 Å². The Morgan fingerprint density at radius 3 is 2.50 bits per heavy atom. The molecule has 5 heteroatoms. The molecule has 0 N–H and O–H groups in total. The second-order valence-corrected chi connectivity index (χ2v) is 6.18. The Labute approximate surface area is 160 Å². The van der Waals surface area contributed by atoms with E-state index in [0.717, 1.165) is 21.9 Å². The predicted octanol–water partition coefficient (Wildman–Crippen LogP) is 5.35. The maximum absolute atomic E-state index is 13.1. The highest BCUT2D eigenvalue weighted by molar-refractivity contribution is 5.87. The lowest BCUT2D eigenvalue weighted by atomic mass is 9.97. The minimum atomic E-state index is -0.446. The number of nitro benzene ring substituents is 1. The van der Waals surface area contributed by atoms with Crippen LogP contribution < -0.4 is 0 Å². The molecule has 0 aliphatic carbocycles. The lowest BCUT2D eigenvalue weighted by Crippen LogP contribution is -1.92. The third kappa shape index (κ3) is 3.57. The maximum atomic E-state index is 13.1. The van der Waals surface area contributed by atoms with Crippen molar-refractivity contribution >= 4 is 16.5 Å². The number of aromatic nitrogens is 1. The van der Waals surface area contributed by atoms with Gasteiger partial charge in [-0.25, -0.2) is 4.39 Å². The van der Waals surface area contributed by atoms with Crippen LogP contribution >= 0.6 is 0 Å². The molecule has 0 saturated heterocycles. The van der Waals surface area contributed by atoms with Crippen LogP contribution in [0.3, 0.4) is 0 Å². The summed E-state index contributed by atoms with van der Waals surface area (Å²) in [6.45, 7) is 0. The molecule has 0 amide bonds. The number of pyridine rings is 1. The van der Waals surface area contributed by atoms with Crippen LogP contribution in [0.1, 0.15) is 11.1 Å². The third-order valence-electron chi connectivity index (χ3n) is 4.35. The van der Waals surface area contributed by atoms with Crippen molar-refractivity contribution in [3.63, 3.8) is 0 Å². The van der Waals surface area contributed by atoms with E-state index >= 15 is 0 Å². The summed E-state index contributed by atoms with van der Waals surface area (Å²) in [6.07, 6.45) is 3.50. The number of halogens is 1. The van der Waals surface area contributed by atoms with Crippen molar-refractivity contribution in [2.75, 3.05) is 0 Å². The molecule has 4 rings (SSSR count). The lowest BCUT2D eigenvalue weighted by Gasteiger charge is -2.07. The molecule has 4 nitrogen and oxygen atoms in total. The zero-order chi connectivity index (χ0) is 19.5. The van der Waals surface area contributed by atoms with Gasteiger partial charge >= 0.3 is 0 Å². The zero-order valence-corrected chi connectivity index (χ0v) is 14.6. The summed E-state index contributed by atoms with van der Waals surface area (Å²) in [5.74, 6) is 5.61. The minimum absolute atomic E-state index is 0.0304. The molecule has 0 saturated carbocycles. The van der Waals surface area contributed by atoms with Crippen molar-refractivity contribution < 1.29 is 9.31 Å². The normalized spacial score (nSPS) is 10.3. The zero-order valence-electron chi connectivity index (χ0n) is 14.6. The molecule has 1 heterocycles. The van der Waals surface area contributed by atoms with Gasteiger partial charge < -0.3 is 0 Å². The predicted molar refractivity (Wildman–Crippen MR) is 106 cm³/mol. The van der Waals surface area contributed by atoms with Crippen molar-refractivity contribution in [3.05, 3.63) is 106 Å².